The standard InChI is InChI=1S/C12H16FN3O3S/c13-10-6-3-7-15-12(10)20(18,19)16(8-11(14)17)9-4-1-2-5-9/h3,6-7,9H,1-2,4-5,8H2,(H2,14,17). The lowest BCUT2D eigenvalue weighted by Gasteiger charge is -2.26. The molecule has 0 saturated heterocycles. The van der Waals surface area contributed by atoms with E-state index in [9.17, 15) is 17.6 Å². The van der Waals surface area contributed by atoms with E-state index in [1.807, 2.05) is 0 Å². The summed E-state index contributed by atoms with van der Waals surface area (Å²) in [4.78, 5) is 14.7. The predicted octanol–water partition coefficient (Wildman–Crippen LogP) is 0.639. The second kappa shape index (κ2) is 5.84. The third-order valence-corrected chi connectivity index (χ3v) is 5.16. The van der Waals surface area contributed by atoms with Crippen molar-refractivity contribution in [3.8, 4) is 0 Å². The van der Waals surface area contributed by atoms with Crippen molar-refractivity contribution in [3.05, 3.63) is 24.1 Å². The molecule has 1 fully saturated rings. The van der Waals surface area contributed by atoms with Crippen LogP contribution in [0.3, 0.4) is 0 Å². The highest BCUT2D eigenvalue weighted by Crippen LogP contribution is 2.28. The number of rotatable bonds is 5. The second-order valence-corrected chi connectivity index (χ2v) is 6.55. The number of primary amides is 1. The van der Waals surface area contributed by atoms with Crippen LogP contribution in [0.4, 0.5) is 4.39 Å². The first-order valence-corrected chi connectivity index (χ1v) is 7.77. The first-order chi connectivity index (χ1) is 9.43. The Morgan fingerprint density at radius 3 is 2.65 bits per heavy atom. The fourth-order valence-corrected chi connectivity index (χ4v) is 4.06. The summed E-state index contributed by atoms with van der Waals surface area (Å²) in [6, 6.07) is 2.01. The minimum absolute atomic E-state index is 0.325. The Labute approximate surface area is 116 Å². The van der Waals surface area contributed by atoms with Gasteiger partial charge in [0.15, 0.2) is 5.82 Å². The molecule has 0 radical (unpaired) electrons. The Hall–Kier alpha value is -1.54. The maximum atomic E-state index is 13.7. The number of carbonyl (C=O) groups excluding carboxylic acids is 1. The molecule has 6 nitrogen and oxygen atoms in total. The van der Waals surface area contributed by atoms with Gasteiger partial charge >= 0.3 is 0 Å². The van der Waals surface area contributed by atoms with Crippen molar-refractivity contribution in [2.24, 2.45) is 5.73 Å². The van der Waals surface area contributed by atoms with E-state index in [1.54, 1.807) is 0 Å². The average molecular weight is 301 g/mol. The average Bonchev–Trinajstić information content (AvgIpc) is 2.89. The van der Waals surface area contributed by atoms with Crippen molar-refractivity contribution in [1.29, 1.82) is 0 Å². The van der Waals surface area contributed by atoms with Crippen LogP contribution in [0.2, 0.25) is 0 Å². The minimum atomic E-state index is -4.16. The third-order valence-electron chi connectivity index (χ3n) is 3.32. The number of hydrogen-bond acceptors (Lipinski definition) is 4. The monoisotopic (exact) mass is 301 g/mol. The lowest BCUT2D eigenvalue weighted by atomic mass is 10.2. The molecular weight excluding hydrogens is 285 g/mol. The number of amides is 1. The van der Waals surface area contributed by atoms with Gasteiger partial charge in [-0.3, -0.25) is 4.79 Å². The molecule has 0 unspecified atom stereocenters. The van der Waals surface area contributed by atoms with Crippen molar-refractivity contribution in [1.82, 2.24) is 9.29 Å². The van der Waals surface area contributed by atoms with E-state index < -0.39 is 33.3 Å². The van der Waals surface area contributed by atoms with Crippen LogP contribution in [-0.2, 0) is 14.8 Å². The summed E-state index contributed by atoms with van der Waals surface area (Å²) in [5.74, 6) is -1.70. The van der Waals surface area contributed by atoms with Crippen LogP contribution < -0.4 is 5.73 Å². The number of nitrogens with two attached hydrogens (primary N) is 1. The van der Waals surface area contributed by atoms with E-state index in [4.69, 9.17) is 5.73 Å². The summed E-state index contributed by atoms with van der Waals surface area (Å²) in [7, 11) is -4.16. The van der Waals surface area contributed by atoms with Crippen molar-refractivity contribution in [2.45, 2.75) is 36.8 Å². The first kappa shape index (κ1) is 14.9. The van der Waals surface area contributed by atoms with Crippen LogP contribution in [0.1, 0.15) is 25.7 Å². The topological polar surface area (TPSA) is 93.4 Å². The Morgan fingerprint density at radius 2 is 2.10 bits per heavy atom. The first-order valence-electron chi connectivity index (χ1n) is 6.33. The van der Waals surface area contributed by atoms with Gasteiger partial charge in [0.1, 0.15) is 0 Å². The van der Waals surface area contributed by atoms with Crippen LogP contribution >= 0.6 is 0 Å². The number of aromatic nitrogens is 1. The van der Waals surface area contributed by atoms with Gasteiger partial charge in [-0.1, -0.05) is 12.8 Å². The summed E-state index contributed by atoms with van der Waals surface area (Å²) in [6.07, 6.45) is 4.23. The molecule has 1 amide bonds. The molecule has 1 aromatic heterocycles. The van der Waals surface area contributed by atoms with Crippen LogP contribution in [0.5, 0.6) is 0 Å². The molecule has 1 heterocycles. The van der Waals surface area contributed by atoms with E-state index in [0.717, 1.165) is 23.2 Å². The number of halogens is 1. The lowest BCUT2D eigenvalue weighted by Crippen LogP contribution is -2.44. The van der Waals surface area contributed by atoms with E-state index in [-0.39, 0.29) is 6.04 Å². The normalized spacial score (nSPS) is 16.7. The largest absolute Gasteiger partial charge is 0.369 e. The molecule has 110 valence electrons. The van der Waals surface area contributed by atoms with E-state index >= 15 is 0 Å². The molecule has 1 aliphatic rings. The third kappa shape index (κ3) is 2.96. The number of pyridine rings is 1. The molecule has 0 aromatic carbocycles. The van der Waals surface area contributed by atoms with E-state index in [0.29, 0.717) is 12.8 Å². The number of hydrogen-bond donors (Lipinski definition) is 1. The van der Waals surface area contributed by atoms with E-state index in [1.165, 1.54) is 12.3 Å². The molecule has 20 heavy (non-hydrogen) atoms. The number of sulfonamides is 1. The van der Waals surface area contributed by atoms with Gasteiger partial charge in [0.2, 0.25) is 10.9 Å². The summed E-state index contributed by atoms with van der Waals surface area (Å²) in [6.45, 7) is -0.455. The van der Waals surface area contributed by atoms with E-state index in [2.05, 4.69) is 4.98 Å². The summed E-state index contributed by atoms with van der Waals surface area (Å²) >= 11 is 0. The zero-order chi connectivity index (χ0) is 14.8. The highest BCUT2D eigenvalue weighted by atomic mass is 32.2. The molecular formula is C12H16FN3O3S. The van der Waals surface area contributed by atoms with Crippen LogP contribution in [0, 0.1) is 5.82 Å². The Balaban J connectivity index is 2.41. The Kier molecular flexibility index (Phi) is 4.34. The molecule has 0 aliphatic heterocycles. The molecule has 1 saturated carbocycles. The zero-order valence-electron chi connectivity index (χ0n) is 10.8. The second-order valence-electron chi connectivity index (χ2n) is 4.75. The maximum absolute atomic E-state index is 13.7. The highest BCUT2D eigenvalue weighted by molar-refractivity contribution is 7.89. The van der Waals surface area contributed by atoms with Crippen molar-refractivity contribution < 1.29 is 17.6 Å². The number of carbonyl (C=O) groups is 1. The van der Waals surface area contributed by atoms with Gasteiger partial charge in [-0.25, -0.2) is 17.8 Å². The molecule has 0 atom stereocenters. The zero-order valence-corrected chi connectivity index (χ0v) is 11.6. The molecule has 1 aliphatic carbocycles. The van der Waals surface area contributed by atoms with Crippen LogP contribution in [0.25, 0.3) is 0 Å². The van der Waals surface area contributed by atoms with Crippen LogP contribution in [-0.4, -0.2) is 36.2 Å². The Bertz CT molecular complexity index is 600. The summed E-state index contributed by atoms with van der Waals surface area (Å²) in [5, 5.41) is -0.659. The van der Waals surface area contributed by atoms with Crippen LogP contribution in [0.15, 0.2) is 23.4 Å². The molecule has 1 aromatic rings. The molecule has 8 heteroatoms. The molecule has 2 N–H and O–H groups in total. The van der Waals surface area contributed by atoms with Gasteiger partial charge in [-0.15, -0.1) is 0 Å². The van der Waals surface area contributed by atoms with Gasteiger partial charge in [0, 0.05) is 12.2 Å². The predicted molar refractivity (Wildman–Crippen MR) is 69.5 cm³/mol. The molecule has 2 rings (SSSR count). The lowest BCUT2D eigenvalue weighted by molar-refractivity contribution is -0.118. The van der Waals surface area contributed by atoms with Gasteiger partial charge < -0.3 is 5.73 Å². The van der Waals surface area contributed by atoms with Gasteiger partial charge in [-0.05, 0) is 25.0 Å². The highest BCUT2D eigenvalue weighted by Gasteiger charge is 2.36. The van der Waals surface area contributed by atoms with Gasteiger partial charge in [0.05, 0.1) is 6.54 Å². The quantitative estimate of drug-likeness (QED) is 0.863. The van der Waals surface area contributed by atoms with Crippen molar-refractivity contribution in [3.63, 3.8) is 0 Å². The fourth-order valence-electron chi connectivity index (χ4n) is 2.43. The molecule has 0 spiro atoms. The Morgan fingerprint density at radius 1 is 1.45 bits per heavy atom. The van der Waals surface area contributed by atoms with Gasteiger partial charge in [-0.2, -0.15) is 4.31 Å². The van der Waals surface area contributed by atoms with Gasteiger partial charge in [0.25, 0.3) is 10.0 Å². The summed E-state index contributed by atoms with van der Waals surface area (Å²) < 4.78 is 39.6. The minimum Gasteiger partial charge on any atom is -0.369 e. The van der Waals surface area contributed by atoms with Crippen molar-refractivity contribution in [2.75, 3.05) is 6.54 Å². The number of nitrogens with zero attached hydrogens (tertiary/aromatic N) is 2. The molecule has 0 bridgehead atoms. The SMILES string of the molecule is NC(=O)CN(C1CCCC1)S(=O)(=O)c1ncccc1F. The summed E-state index contributed by atoms with van der Waals surface area (Å²) in [5.41, 5.74) is 5.11. The van der Waals surface area contributed by atoms with Crippen molar-refractivity contribution >= 4 is 15.9 Å². The smallest absolute Gasteiger partial charge is 0.264 e. The fraction of sp³-hybridized carbons (Fsp3) is 0.500. The maximum Gasteiger partial charge on any atom is 0.264 e.